The second-order valence-corrected chi connectivity index (χ2v) is 7.45. The van der Waals surface area contributed by atoms with E-state index in [-0.39, 0.29) is 0 Å². The Balaban J connectivity index is 0.000000360. The molecule has 0 bridgehead atoms. The van der Waals surface area contributed by atoms with Gasteiger partial charge in [-0.2, -0.15) is 13.2 Å². The van der Waals surface area contributed by atoms with Crippen molar-refractivity contribution in [3.8, 4) is 0 Å². The molecule has 0 aliphatic carbocycles. The maximum absolute atomic E-state index is 10.6. The van der Waals surface area contributed by atoms with Gasteiger partial charge in [0.25, 0.3) is 0 Å². The van der Waals surface area contributed by atoms with Crippen molar-refractivity contribution in [1.29, 1.82) is 0 Å². The lowest BCUT2D eigenvalue weighted by Crippen LogP contribution is -2.27. The third-order valence-corrected chi connectivity index (χ3v) is 4.94. The van der Waals surface area contributed by atoms with Gasteiger partial charge in [0.05, 0.1) is 11.0 Å². The Morgan fingerprint density at radius 1 is 1.12 bits per heavy atom. The van der Waals surface area contributed by atoms with E-state index in [1.54, 1.807) is 12.4 Å². The zero-order valence-electron chi connectivity index (χ0n) is 17.6. The minimum absolute atomic E-state index is 0.392. The maximum atomic E-state index is 10.6. The molecule has 0 aliphatic heterocycles. The summed E-state index contributed by atoms with van der Waals surface area (Å²) < 4.78 is 33.9. The van der Waals surface area contributed by atoms with Crippen molar-refractivity contribution in [2.24, 2.45) is 7.05 Å². The van der Waals surface area contributed by atoms with Crippen LogP contribution in [0.25, 0.3) is 21.9 Å². The van der Waals surface area contributed by atoms with Gasteiger partial charge in [-0.05, 0) is 42.7 Å². The molecule has 0 spiro atoms. The molecule has 4 aromatic rings. The fourth-order valence-electron chi connectivity index (χ4n) is 3.40. The van der Waals surface area contributed by atoms with E-state index < -0.39 is 12.1 Å². The predicted octanol–water partition coefficient (Wildman–Crippen LogP) is 4.48. The Bertz CT molecular complexity index is 1220. The second-order valence-electron chi connectivity index (χ2n) is 7.45. The van der Waals surface area contributed by atoms with Gasteiger partial charge in [0.2, 0.25) is 0 Å². The Labute approximate surface area is 182 Å². The maximum Gasteiger partial charge on any atom is 0.490 e. The number of aromatic nitrogens is 3. The summed E-state index contributed by atoms with van der Waals surface area (Å²) in [5.74, 6) is -2.76. The molecule has 9 heteroatoms. The molecule has 0 saturated heterocycles. The number of benzene rings is 2. The van der Waals surface area contributed by atoms with E-state index in [2.05, 4.69) is 76.4 Å². The van der Waals surface area contributed by atoms with Crippen LogP contribution in [-0.2, 0) is 24.8 Å². The van der Waals surface area contributed by atoms with Gasteiger partial charge in [-0.15, -0.1) is 0 Å². The Morgan fingerprint density at radius 3 is 2.47 bits per heavy atom. The number of carboxylic acids is 1. The molecule has 2 aromatic heterocycles. The van der Waals surface area contributed by atoms with Crippen LogP contribution in [0.1, 0.15) is 18.1 Å². The first kappa shape index (κ1) is 23.2. The van der Waals surface area contributed by atoms with Gasteiger partial charge < -0.3 is 15.0 Å². The van der Waals surface area contributed by atoms with E-state index in [1.807, 2.05) is 6.07 Å². The van der Waals surface area contributed by atoms with Gasteiger partial charge in [0.15, 0.2) is 0 Å². The molecule has 2 heterocycles. The van der Waals surface area contributed by atoms with E-state index in [0.717, 1.165) is 24.0 Å². The summed E-state index contributed by atoms with van der Waals surface area (Å²) >= 11 is 0. The molecule has 0 radical (unpaired) electrons. The standard InChI is InChI=1S/C21H22N4.C2HF3O2/c1-15(11-17-14-25(2)21-6-4-3-5-18(17)21)24-13-16-7-8-19-20(12-16)23-10-9-22-19;3-2(4,5)1(6)7/h3-10,12,14-15,24H,11,13H2,1-2H3;(H,6,7). The normalized spacial score (nSPS) is 12.4. The molecule has 4 rings (SSSR count). The molecule has 0 saturated carbocycles. The molecule has 6 nitrogen and oxygen atoms in total. The van der Waals surface area contributed by atoms with Crippen molar-refractivity contribution in [3.63, 3.8) is 0 Å². The Kier molecular flexibility index (Phi) is 7.09. The number of aliphatic carboxylic acids is 1. The molecule has 32 heavy (non-hydrogen) atoms. The first-order valence-electron chi connectivity index (χ1n) is 9.91. The number of carboxylic acid groups (broad SMARTS) is 1. The fraction of sp³-hybridized carbons (Fsp3) is 0.261. The molecule has 1 unspecified atom stereocenters. The van der Waals surface area contributed by atoms with Gasteiger partial charge in [-0.3, -0.25) is 9.97 Å². The van der Waals surface area contributed by atoms with Crippen LogP contribution in [-0.4, -0.2) is 37.8 Å². The van der Waals surface area contributed by atoms with Gasteiger partial charge >= 0.3 is 12.1 Å². The molecule has 168 valence electrons. The smallest absolute Gasteiger partial charge is 0.475 e. The number of aryl methyl sites for hydroxylation is 1. The lowest BCUT2D eigenvalue weighted by atomic mass is 10.1. The van der Waals surface area contributed by atoms with Crippen molar-refractivity contribution in [3.05, 3.63) is 72.2 Å². The fourth-order valence-corrected chi connectivity index (χ4v) is 3.40. The Hall–Kier alpha value is -3.46. The van der Waals surface area contributed by atoms with Crippen molar-refractivity contribution in [2.45, 2.75) is 32.1 Å². The highest BCUT2D eigenvalue weighted by Crippen LogP contribution is 2.21. The monoisotopic (exact) mass is 444 g/mol. The first-order valence-corrected chi connectivity index (χ1v) is 9.91. The average Bonchev–Trinajstić information content (AvgIpc) is 3.07. The summed E-state index contributed by atoms with van der Waals surface area (Å²) in [6.45, 7) is 3.07. The number of fused-ring (bicyclic) bond motifs is 2. The van der Waals surface area contributed by atoms with Gasteiger partial charge in [-0.1, -0.05) is 24.3 Å². The summed E-state index contributed by atoms with van der Waals surface area (Å²) in [6, 6.07) is 15.2. The zero-order valence-corrected chi connectivity index (χ0v) is 17.6. The number of halogens is 3. The van der Waals surface area contributed by atoms with E-state index in [0.29, 0.717) is 6.04 Å². The number of carbonyl (C=O) groups is 1. The summed E-state index contributed by atoms with van der Waals surface area (Å²) in [4.78, 5) is 17.6. The van der Waals surface area contributed by atoms with Crippen LogP contribution in [0.15, 0.2) is 61.1 Å². The SMILES string of the molecule is CC(Cc1cn(C)c2ccccc12)NCc1ccc2nccnc2c1.O=C(O)C(F)(F)F. The van der Waals surface area contributed by atoms with Crippen LogP contribution < -0.4 is 5.32 Å². The van der Waals surface area contributed by atoms with Crippen molar-refractivity contribution < 1.29 is 23.1 Å². The highest BCUT2D eigenvalue weighted by molar-refractivity contribution is 5.84. The van der Waals surface area contributed by atoms with E-state index >= 15 is 0 Å². The summed E-state index contributed by atoms with van der Waals surface area (Å²) in [7, 11) is 2.11. The van der Waals surface area contributed by atoms with Gasteiger partial charge in [0, 0.05) is 49.1 Å². The van der Waals surface area contributed by atoms with E-state index in [9.17, 15) is 13.2 Å². The predicted molar refractivity (Wildman–Crippen MR) is 116 cm³/mol. The molecule has 0 fully saturated rings. The number of hydrogen-bond acceptors (Lipinski definition) is 4. The zero-order chi connectivity index (χ0) is 23.3. The highest BCUT2D eigenvalue weighted by Gasteiger charge is 2.38. The largest absolute Gasteiger partial charge is 0.490 e. The lowest BCUT2D eigenvalue weighted by Gasteiger charge is -2.13. The third kappa shape index (κ3) is 5.82. The number of rotatable bonds is 5. The number of nitrogens with zero attached hydrogens (tertiary/aromatic N) is 3. The summed E-state index contributed by atoms with van der Waals surface area (Å²) in [6.07, 6.45) is 1.64. The van der Waals surface area contributed by atoms with Gasteiger partial charge in [-0.25, -0.2) is 4.79 Å². The topological polar surface area (TPSA) is 80.0 Å². The average molecular weight is 444 g/mol. The molecule has 0 aliphatic rings. The van der Waals surface area contributed by atoms with Crippen molar-refractivity contribution in [2.75, 3.05) is 0 Å². The van der Waals surface area contributed by atoms with E-state index in [4.69, 9.17) is 9.90 Å². The molecular weight excluding hydrogens is 421 g/mol. The molecule has 0 amide bonds. The van der Waals surface area contributed by atoms with Gasteiger partial charge in [0.1, 0.15) is 0 Å². The number of alkyl halides is 3. The number of para-hydroxylation sites is 1. The molecular formula is C23H23F3N4O2. The summed E-state index contributed by atoms with van der Waals surface area (Å²) in [5.41, 5.74) is 5.80. The quantitative estimate of drug-likeness (QED) is 0.475. The Morgan fingerprint density at radius 2 is 1.78 bits per heavy atom. The third-order valence-electron chi connectivity index (χ3n) is 4.94. The molecule has 2 N–H and O–H groups in total. The van der Waals surface area contributed by atoms with Crippen molar-refractivity contribution in [1.82, 2.24) is 19.9 Å². The lowest BCUT2D eigenvalue weighted by molar-refractivity contribution is -0.192. The van der Waals surface area contributed by atoms with Crippen LogP contribution in [0.3, 0.4) is 0 Å². The molecule has 2 aromatic carbocycles. The van der Waals surface area contributed by atoms with Crippen molar-refractivity contribution >= 4 is 27.9 Å². The first-order chi connectivity index (χ1) is 15.1. The van der Waals surface area contributed by atoms with Crippen LogP contribution in [0.2, 0.25) is 0 Å². The van der Waals surface area contributed by atoms with Crippen LogP contribution in [0.4, 0.5) is 13.2 Å². The van der Waals surface area contributed by atoms with Crippen LogP contribution in [0, 0.1) is 0 Å². The minimum Gasteiger partial charge on any atom is -0.475 e. The second kappa shape index (κ2) is 9.78. The number of nitrogens with one attached hydrogen (secondary N) is 1. The van der Waals surface area contributed by atoms with Crippen LogP contribution >= 0.6 is 0 Å². The minimum atomic E-state index is -5.08. The van der Waals surface area contributed by atoms with E-state index in [1.165, 1.54) is 22.0 Å². The molecule has 1 atom stereocenters. The number of hydrogen-bond donors (Lipinski definition) is 2. The summed E-state index contributed by atoms with van der Waals surface area (Å²) in [5, 5.41) is 12.1. The van der Waals surface area contributed by atoms with Crippen LogP contribution in [0.5, 0.6) is 0 Å². The highest BCUT2D eigenvalue weighted by atomic mass is 19.4.